The topological polar surface area (TPSA) is 18.5 Å². The van der Waals surface area contributed by atoms with Crippen LogP contribution in [0.25, 0.3) is 12.2 Å². The zero-order valence-corrected chi connectivity index (χ0v) is 24.2. The highest BCUT2D eigenvalue weighted by Crippen LogP contribution is 2.57. The van der Waals surface area contributed by atoms with Gasteiger partial charge in [0.05, 0.1) is 18.2 Å². The van der Waals surface area contributed by atoms with Gasteiger partial charge in [-0.1, -0.05) is 100 Å². The van der Waals surface area contributed by atoms with E-state index in [-0.39, 0.29) is 0 Å². The number of thioether (sulfide) groups is 4. The fourth-order valence-electron chi connectivity index (χ4n) is 3.94. The number of fused-ring (bicyclic) bond motifs is 1. The summed E-state index contributed by atoms with van der Waals surface area (Å²) in [4.78, 5) is 8.66. The normalized spacial score (nSPS) is 18.1. The molecule has 0 spiro atoms. The summed E-state index contributed by atoms with van der Waals surface area (Å²) in [7, 11) is 0. The Morgan fingerprint density at radius 3 is 1.21 bits per heavy atom. The summed E-state index contributed by atoms with van der Waals surface area (Å²) >= 11 is 9.68. The predicted octanol–water partition coefficient (Wildman–Crippen LogP) is 10.7. The molecule has 4 rings (SSSR count). The van der Waals surface area contributed by atoms with Crippen LogP contribution in [0.4, 0.5) is 0 Å². The SMILES string of the molecule is CCCC1=C(CCC)SC(=Cc2sc(C=C3SC(CCC)=C(CCC)S3)c3c2OCCO3)S1. The van der Waals surface area contributed by atoms with Gasteiger partial charge in [0.15, 0.2) is 11.5 Å². The van der Waals surface area contributed by atoms with Gasteiger partial charge in [0.2, 0.25) is 0 Å². The lowest BCUT2D eigenvalue weighted by molar-refractivity contribution is 0.173. The van der Waals surface area contributed by atoms with Crippen molar-refractivity contribution in [1.82, 2.24) is 0 Å². The molecule has 3 aliphatic heterocycles. The Hall–Kier alpha value is -0.340. The van der Waals surface area contributed by atoms with Gasteiger partial charge in [0.25, 0.3) is 0 Å². The summed E-state index contributed by atoms with van der Waals surface area (Å²) in [5.41, 5.74) is 0. The molecule has 33 heavy (non-hydrogen) atoms. The lowest BCUT2D eigenvalue weighted by Gasteiger charge is -2.16. The van der Waals surface area contributed by atoms with Crippen LogP contribution in [0, 0.1) is 0 Å². The van der Waals surface area contributed by atoms with Crippen LogP contribution in [-0.2, 0) is 0 Å². The second-order valence-corrected chi connectivity index (χ2v) is 14.4. The lowest BCUT2D eigenvalue weighted by atomic mass is 10.2. The maximum Gasteiger partial charge on any atom is 0.180 e. The Morgan fingerprint density at radius 2 is 0.909 bits per heavy atom. The second-order valence-electron chi connectivity index (χ2n) is 8.21. The standard InChI is InChI=1S/C26H34O2S5/c1-5-9-17-18(10-6-2)31-23(30-17)15-21-25-26(28-14-13-27-25)22(29-21)16-24-32-19(11-7-3)20(33-24)12-8-4/h15-16H,5-14H2,1-4H3. The molecular formula is C26H34O2S5. The van der Waals surface area contributed by atoms with Gasteiger partial charge in [-0.05, 0) is 37.8 Å². The Morgan fingerprint density at radius 1 is 0.576 bits per heavy atom. The van der Waals surface area contributed by atoms with Crippen molar-refractivity contribution in [3.63, 3.8) is 0 Å². The van der Waals surface area contributed by atoms with Crippen LogP contribution in [0.15, 0.2) is 28.1 Å². The molecule has 3 aliphatic rings. The van der Waals surface area contributed by atoms with E-state index in [4.69, 9.17) is 9.47 Å². The van der Waals surface area contributed by atoms with E-state index in [0.717, 1.165) is 11.5 Å². The third-order valence-corrected chi connectivity index (χ3v) is 11.7. The van der Waals surface area contributed by atoms with Crippen LogP contribution >= 0.6 is 58.4 Å². The van der Waals surface area contributed by atoms with Crippen molar-refractivity contribution in [3.8, 4) is 11.5 Å². The molecule has 2 nitrogen and oxygen atoms in total. The highest BCUT2D eigenvalue weighted by molar-refractivity contribution is 8.29. The van der Waals surface area contributed by atoms with Crippen molar-refractivity contribution >= 4 is 70.5 Å². The summed E-state index contributed by atoms with van der Waals surface area (Å²) in [6.45, 7) is 10.4. The van der Waals surface area contributed by atoms with Gasteiger partial charge < -0.3 is 9.47 Å². The van der Waals surface area contributed by atoms with E-state index in [2.05, 4.69) is 39.8 Å². The fourth-order valence-corrected chi connectivity index (χ4v) is 11.1. The third kappa shape index (κ3) is 6.27. The van der Waals surface area contributed by atoms with Gasteiger partial charge in [-0.3, -0.25) is 0 Å². The summed E-state index contributed by atoms with van der Waals surface area (Å²) in [6, 6.07) is 0. The molecule has 0 saturated heterocycles. The quantitative estimate of drug-likeness (QED) is 0.293. The maximum atomic E-state index is 6.13. The van der Waals surface area contributed by atoms with Crippen LogP contribution < -0.4 is 9.47 Å². The second kappa shape index (κ2) is 12.6. The zero-order valence-electron chi connectivity index (χ0n) is 20.1. The van der Waals surface area contributed by atoms with Crippen LogP contribution in [0.2, 0.25) is 0 Å². The first-order chi connectivity index (χ1) is 16.2. The zero-order chi connectivity index (χ0) is 23.2. The minimum absolute atomic E-state index is 0.628. The molecule has 1 aromatic rings. The van der Waals surface area contributed by atoms with E-state index < -0.39 is 0 Å². The molecule has 0 aliphatic carbocycles. The molecule has 7 heteroatoms. The van der Waals surface area contributed by atoms with E-state index in [1.807, 2.05) is 58.4 Å². The number of rotatable bonds is 10. The summed E-state index contributed by atoms with van der Waals surface area (Å²) in [5, 5.41) is 0. The average molecular weight is 539 g/mol. The summed E-state index contributed by atoms with van der Waals surface area (Å²) in [5.74, 6) is 1.88. The maximum absolute atomic E-state index is 6.13. The Kier molecular flexibility index (Phi) is 9.81. The Bertz CT molecular complexity index is 867. The summed E-state index contributed by atoms with van der Waals surface area (Å²) < 4.78 is 15.0. The molecule has 0 saturated carbocycles. The van der Waals surface area contributed by atoms with Crippen molar-refractivity contribution in [3.05, 3.63) is 37.8 Å². The monoisotopic (exact) mass is 538 g/mol. The average Bonchev–Trinajstić information content (AvgIpc) is 3.47. The first kappa shape index (κ1) is 25.7. The van der Waals surface area contributed by atoms with Gasteiger partial charge in [-0.2, -0.15) is 0 Å². The predicted molar refractivity (Wildman–Crippen MR) is 155 cm³/mol. The van der Waals surface area contributed by atoms with E-state index in [1.165, 1.54) is 69.6 Å². The highest BCUT2D eigenvalue weighted by Gasteiger charge is 2.27. The van der Waals surface area contributed by atoms with E-state index >= 15 is 0 Å². The van der Waals surface area contributed by atoms with Crippen molar-refractivity contribution in [1.29, 1.82) is 0 Å². The van der Waals surface area contributed by atoms with Gasteiger partial charge in [0.1, 0.15) is 13.2 Å². The molecule has 0 fully saturated rings. The molecule has 0 aromatic carbocycles. The van der Waals surface area contributed by atoms with Crippen LogP contribution in [0.3, 0.4) is 0 Å². The largest absolute Gasteiger partial charge is 0.485 e. The number of hydrogen-bond donors (Lipinski definition) is 0. The molecular weight excluding hydrogens is 505 g/mol. The first-order valence-corrected chi connectivity index (χ1v) is 16.3. The van der Waals surface area contributed by atoms with Crippen molar-refractivity contribution in [2.24, 2.45) is 0 Å². The van der Waals surface area contributed by atoms with Gasteiger partial charge in [-0.15, -0.1) is 11.3 Å². The molecule has 0 unspecified atom stereocenters. The van der Waals surface area contributed by atoms with Gasteiger partial charge >= 0.3 is 0 Å². The molecule has 0 bridgehead atoms. The van der Waals surface area contributed by atoms with Crippen molar-refractivity contribution in [2.45, 2.75) is 79.1 Å². The molecule has 180 valence electrons. The number of allylic oxidation sites excluding steroid dienone is 4. The molecule has 0 N–H and O–H groups in total. The van der Waals surface area contributed by atoms with E-state index in [9.17, 15) is 0 Å². The van der Waals surface area contributed by atoms with Crippen LogP contribution in [0.5, 0.6) is 11.5 Å². The van der Waals surface area contributed by atoms with Crippen molar-refractivity contribution < 1.29 is 9.47 Å². The van der Waals surface area contributed by atoms with E-state index in [0.29, 0.717) is 13.2 Å². The number of hydrogen-bond acceptors (Lipinski definition) is 7. The lowest BCUT2D eigenvalue weighted by Crippen LogP contribution is -2.14. The minimum atomic E-state index is 0.628. The van der Waals surface area contributed by atoms with Crippen LogP contribution in [-0.4, -0.2) is 13.2 Å². The first-order valence-electron chi connectivity index (χ1n) is 12.2. The summed E-state index contributed by atoms with van der Waals surface area (Å²) in [6.07, 6.45) is 14.2. The van der Waals surface area contributed by atoms with Gasteiger partial charge in [0, 0.05) is 19.6 Å². The molecule has 0 radical (unpaired) electrons. The fraction of sp³-hybridized carbons (Fsp3) is 0.538. The minimum Gasteiger partial charge on any atom is -0.485 e. The number of thiophene rings is 1. The Labute approximate surface area is 220 Å². The molecule has 1 aromatic heterocycles. The molecule has 0 atom stereocenters. The highest BCUT2D eigenvalue weighted by atomic mass is 32.2. The third-order valence-electron chi connectivity index (χ3n) is 5.37. The Balaban J connectivity index is 1.59. The smallest absolute Gasteiger partial charge is 0.180 e. The van der Waals surface area contributed by atoms with Crippen molar-refractivity contribution in [2.75, 3.05) is 13.2 Å². The molecule has 0 amide bonds. The number of ether oxygens (including phenoxy) is 2. The van der Waals surface area contributed by atoms with Gasteiger partial charge in [-0.25, -0.2) is 0 Å². The molecule has 4 heterocycles. The van der Waals surface area contributed by atoms with Crippen LogP contribution in [0.1, 0.15) is 88.8 Å². The van der Waals surface area contributed by atoms with E-state index in [1.54, 1.807) is 19.6 Å².